The molecule has 2 rings (SSSR count). The highest BCUT2D eigenvalue weighted by Gasteiger charge is 2.41. The molecule has 1 aliphatic carbocycles. The number of carboxylic acids is 1. The number of hydrogen-bond acceptors (Lipinski definition) is 2. The van der Waals surface area contributed by atoms with Crippen LogP contribution in [0.15, 0.2) is 18.2 Å². The molecule has 0 bridgehead atoms. The number of rotatable bonds is 5. The van der Waals surface area contributed by atoms with E-state index in [1.807, 2.05) is 12.1 Å². The lowest BCUT2D eigenvalue weighted by Gasteiger charge is -2.24. The summed E-state index contributed by atoms with van der Waals surface area (Å²) in [4.78, 5) is 11.6. The SMILES string of the molecule is CCc1cc(CC2(C(=O)O)CCCC2)ccc1OC. The molecule has 0 saturated heterocycles. The van der Waals surface area contributed by atoms with Crippen molar-refractivity contribution in [3.8, 4) is 5.75 Å². The van der Waals surface area contributed by atoms with Gasteiger partial charge in [-0.15, -0.1) is 0 Å². The summed E-state index contributed by atoms with van der Waals surface area (Å²) in [6, 6.07) is 6.06. The Morgan fingerprint density at radius 1 is 1.37 bits per heavy atom. The Bertz CT molecular complexity index is 459. The standard InChI is InChI=1S/C16H22O3/c1-3-13-10-12(6-7-14(13)19-2)11-16(15(17)18)8-4-5-9-16/h6-7,10H,3-5,8-9,11H2,1-2H3,(H,17,18). The summed E-state index contributed by atoms with van der Waals surface area (Å²) in [7, 11) is 1.67. The van der Waals surface area contributed by atoms with Crippen LogP contribution in [0.5, 0.6) is 5.75 Å². The number of aliphatic carboxylic acids is 1. The molecule has 0 aromatic heterocycles. The van der Waals surface area contributed by atoms with Crippen LogP contribution in [0.2, 0.25) is 0 Å². The lowest BCUT2D eigenvalue weighted by molar-refractivity contribution is -0.148. The minimum Gasteiger partial charge on any atom is -0.496 e. The normalized spacial score (nSPS) is 17.4. The van der Waals surface area contributed by atoms with E-state index in [9.17, 15) is 9.90 Å². The summed E-state index contributed by atoms with van der Waals surface area (Å²) in [6.45, 7) is 2.09. The topological polar surface area (TPSA) is 46.5 Å². The smallest absolute Gasteiger partial charge is 0.309 e. The molecule has 104 valence electrons. The van der Waals surface area contributed by atoms with E-state index < -0.39 is 11.4 Å². The molecule has 0 atom stereocenters. The number of benzene rings is 1. The fourth-order valence-electron chi connectivity index (χ4n) is 3.13. The lowest BCUT2D eigenvalue weighted by Crippen LogP contribution is -2.30. The molecule has 0 amide bonds. The number of hydrogen-bond donors (Lipinski definition) is 1. The molecule has 3 heteroatoms. The second kappa shape index (κ2) is 5.64. The molecule has 1 fully saturated rings. The maximum Gasteiger partial charge on any atom is 0.309 e. The zero-order valence-electron chi connectivity index (χ0n) is 11.7. The molecule has 3 nitrogen and oxygen atoms in total. The summed E-state index contributed by atoms with van der Waals surface area (Å²) in [5.41, 5.74) is 1.72. The predicted octanol–water partition coefficient (Wildman–Crippen LogP) is 3.45. The van der Waals surface area contributed by atoms with Gasteiger partial charge in [-0.2, -0.15) is 0 Å². The van der Waals surface area contributed by atoms with Crippen LogP contribution in [0.4, 0.5) is 0 Å². The molecule has 19 heavy (non-hydrogen) atoms. The van der Waals surface area contributed by atoms with E-state index >= 15 is 0 Å². The average molecular weight is 262 g/mol. The van der Waals surface area contributed by atoms with E-state index in [1.165, 1.54) is 0 Å². The Morgan fingerprint density at radius 3 is 2.58 bits per heavy atom. The number of carbonyl (C=O) groups is 1. The first-order valence-corrected chi connectivity index (χ1v) is 7.00. The summed E-state index contributed by atoms with van der Waals surface area (Å²) >= 11 is 0. The molecule has 1 N–H and O–H groups in total. The van der Waals surface area contributed by atoms with Crippen LogP contribution < -0.4 is 4.74 Å². The third-order valence-electron chi connectivity index (χ3n) is 4.28. The molecule has 1 aromatic carbocycles. The van der Waals surface area contributed by atoms with Crippen molar-refractivity contribution in [2.45, 2.75) is 45.4 Å². The van der Waals surface area contributed by atoms with E-state index in [0.717, 1.165) is 49.0 Å². The van der Waals surface area contributed by atoms with Gasteiger partial charge in [-0.05, 0) is 42.9 Å². The van der Waals surface area contributed by atoms with Crippen molar-refractivity contribution in [3.63, 3.8) is 0 Å². The zero-order chi connectivity index (χ0) is 13.9. The molecule has 0 unspecified atom stereocenters. The van der Waals surface area contributed by atoms with Crippen LogP contribution in [-0.2, 0) is 17.6 Å². The predicted molar refractivity (Wildman–Crippen MR) is 74.6 cm³/mol. The Labute approximate surface area is 114 Å². The second-order valence-corrected chi connectivity index (χ2v) is 5.47. The van der Waals surface area contributed by atoms with Crippen molar-refractivity contribution in [1.82, 2.24) is 0 Å². The number of aryl methyl sites for hydroxylation is 1. The number of ether oxygens (including phenoxy) is 1. The van der Waals surface area contributed by atoms with Gasteiger partial charge in [-0.25, -0.2) is 0 Å². The Balaban J connectivity index is 2.25. The van der Waals surface area contributed by atoms with E-state index in [1.54, 1.807) is 7.11 Å². The van der Waals surface area contributed by atoms with E-state index in [2.05, 4.69) is 13.0 Å². The van der Waals surface area contributed by atoms with Gasteiger partial charge in [-0.1, -0.05) is 31.9 Å². The van der Waals surface area contributed by atoms with Crippen molar-refractivity contribution in [3.05, 3.63) is 29.3 Å². The highest BCUT2D eigenvalue weighted by molar-refractivity contribution is 5.75. The average Bonchev–Trinajstić information content (AvgIpc) is 2.88. The molecule has 0 radical (unpaired) electrons. The Hall–Kier alpha value is -1.51. The summed E-state index contributed by atoms with van der Waals surface area (Å²) in [5.74, 6) is 0.251. The van der Waals surface area contributed by atoms with Gasteiger partial charge in [0.2, 0.25) is 0 Å². The largest absolute Gasteiger partial charge is 0.496 e. The third-order valence-corrected chi connectivity index (χ3v) is 4.28. The molecular weight excluding hydrogens is 240 g/mol. The van der Waals surface area contributed by atoms with Crippen molar-refractivity contribution in [2.24, 2.45) is 5.41 Å². The van der Waals surface area contributed by atoms with Gasteiger partial charge in [0.05, 0.1) is 12.5 Å². The van der Waals surface area contributed by atoms with Crippen molar-refractivity contribution >= 4 is 5.97 Å². The Morgan fingerprint density at radius 2 is 2.05 bits per heavy atom. The Kier molecular flexibility index (Phi) is 4.13. The maximum absolute atomic E-state index is 11.6. The van der Waals surface area contributed by atoms with Gasteiger partial charge in [0.1, 0.15) is 5.75 Å². The van der Waals surface area contributed by atoms with Crippen molar-refractivity contribution < 1.29 is 14.6 Å². The van der Waals surface area contributed by atoms with Crippen LogP contribution in [-0.4, -0.2) is 18.2 Å². The summed E-state index contributed by atoms with van der Waals surface area (Å²) in [6.07, 6.45) is 5.20. The monoisotopic (exact) mass is 262 g/mol. The van der Waals surface area contributed by atoms with Crippen LogP contribution in [0, 0.1) is 5.41 Å². The van der Waals surface area contributed by atoms with Crippen LogP contribution >= 0.6 is 0 Å². The first-order chi connectivity index (χ1) is 9.11. The molecular formula is C16H22O3. The number of carboxylic acid groups (broad SMARTS) is 1. The van der Waals surface area contributed by atoms with Gasteiger partial charge in [-0.3, -0.25) is 4.79 Å². The van der Waals surface area contributed by atoms with Gasteiger partial charge in [0, 0.05) is 0 Å². The highest BCUT2D eigenvalue weighted by atomic mass is 16.5. The van der Waals surface area contributed by atoms with Crippen LogP contribution in [0.1, 0.15) is 43.7 Å². The molecule has 0 aliphatic heterocycles. The molecule has 0 spiro atoms. The fraction of sp³-hybridized carbons (Fsp3) is 0.562. The minimum absolute atomic E-state index is 0.542. The molecule has 1 aliphatic rings. The number of methoxy groups -OCH3 is 1. The molecule has 0 heterocycles. The minimum atomic E-state index is -0.640. The van der Waals surface area contributed by atoms with Gasteiger partial charge >= 0.3 is 5.97 Å². The first-order valence-electron chi connectivity index (χ1n) is 7.00. The lowest BCUT2D eigenvalue weighted by atomic mass is 9.80. The van der Waals surface area contributed by atoms with Gasteiger partial charge in [0.25, 0.3) is 0 Å². The summed E-state index contributed by atoms with van der Waals surface area (Å²) in [5, 5.41) is 9.53. The van der Waals surface area contributed by atoms with Crippen molar-refractivity contribution in [1.29, 1.82) is 0 Å². The fourth-order valence-corrected chi connectivity index (χ4v) is 3.13. The third kappa shape index (κ3) is 2.75. The molecule has 1 saturated carbocycles. The van der Waals surface area contributed by atoms with Crippen LogP contribution in [0.3, 0.4) is 0 Å². The van der Waals surface area contributed by atoms with E-state index in [0.29, 0.717) is 6.42 Å². The quantitative estimate of drug-likeness (QED) is 0.884. The van der Waals surface area contributed by atoms with E-state index in [-0.39, 0.29) is 0 Å². The van der Waals surface area contributed by atoms with Gasteiger partial charge in [0.15, 0.2) is 0 Å². The first kappa shape index (κ1) is 13.9. The van der Waals surface area contributed by atoms with Crippen molar-refractivity contribution in [2.75, 3.05) is 7.11 Å². The highest BCUT2D eigenvalue weighted by Crippen LogP contribution is 2.41. The molecule has 1 aromatic rings. The maximum atomic E-state index is 11.6. The summed E-state index contributed by atoms with van der Waals surface area (Å²) < 4.78 is 5.32. The second-order valence-electron chi connectivity index (χ2n) is 5.47. The van der Waals surface area contributed by atoms with Gasteiger partial charge < -0.3 is 9.84 Å². The van der Waals surface area contributed by atoms with Crippen LogP contribution in [0.25, 0.3) is 0 Å². The zero-order valence-corrected chi connectivity index (χ0v) is 11.7. The van der Waals surface area contributed by atoms with E-state index in [4.69, 9.17) is 4.74 Å².